The molecule has 190 valence electrons. The number of nitrogens with two attached hydrogens (primary N) is 1. The van der Waals surface area contributed by atoms with Crippen molar-refractivity contribution in [2.45, 2.75) is 39.0 Å². The van der Waals surface area contributed by atoms with Crippen LogP contribution in [-0.2, 0) is 17.6 Å². The molecule has 0 aromatic heterocycles. The lowest BCUT2D eigenvalue weighted by atomic mass is 10.0. The van der Waals surface area contributed by atoms with Crippen LogP contribution in [0.15, 0.2) is 72.8 Å². The molecule has 0 aliphatic carbocycles. The van der Waals surface area contributed by atoms with Crippen molar-refractivity contribution in [1.29, 1.82) is 0 Å². The highest BCUT2D eigenvalue weighted by molar-refractivity contribution is 5.88. The summed E-state index contributed by atoms with van der Waals surface area (Å²) in [5, 5.41) is 7.86. The minimum absolute atomic E-state index is 0.135. The molecule has 1 amide bonds. The van der Waals surface area contributed by atoms with E-state index < -0.39 is 0 Å². The first-order valence-corrected chi connectivity index (χ1v) is 12.7. The van der Waals surface area contributed by atoms with E-state index in [9.17, 15) is 4.79 Å². The van der Waals surface area contributed by atoms with Crippen LogP contribution in [0.2, 0.25) is 0 Å². The summed E-state index contributed by atoms with van der Waals surface area (Å²) in [6.07, 6.45) is 4.24. The maximum atomic E-state index is 11.7. The summed E-state index contributed by atoms with van der Waals surface area (Å²) in [6, 6.07) is 24.7. The summed E-state index contributed by atoms with van der Waals surface area (Å²) >= 11 is 0. The Labute approximate surface area is 214 Å². The molecule has 4 aromatic rings. The number of carbonyl (C=O) groups is 1. The smallest absolute Gasteiger partial charge is 0.220 e. The number of fused-ring (bicyclic) bond motifs is 2. The highest BCUT2D eigenvalue weighted by Crippen LogP contribution is 2.29. The molecule has 5 heteroatoms. The van der Waals surface area contributed by atoms with Crippen molar-refractivity contribution in [2.24, 2.45) is 5.73 Å². The molecule has 5 nitrogen and oxygen atoms in total. The van der Waals surface area contributed by atoms with Crippen LogP contribution in [0.3, 0.4) is 0 Å². The van der Waals surface area contributed by atoms with E-state index in [0.29, 0.717) is 19.5 Å². The SMILES string of the molecule is CCCCC(=O)NCCc1c(OC)ccc2ccccc12.COc1ccc2ccccc2c1CCN. The van der Waals surface area contributed by atoms with Crippen molar-refractivity contribution in [3.8, 4) is 11.5 Å². The Morgan fingerprint density at radius 2 is 1.31 bits per heavy atom. The van der Waals surface area contributed by atoms with Gasteiger partial charge in [0.15, 0.2) is 0 Å². The molecule has 36 heavy (non-hydrogen) atoms. The number of amides is 1. The molecule has 3 N–H and O–H groups in total. The van der Waals surface area contributed by atoms with Crippen LogP contribution in [-0.4, -0.2) is 33.2 Å². The van der Waals surface area contributed by atoms with Gasteiger partial charge in [0.05, 0.1) is 14.2 Å². The van der Waals surface area contributed by atoms with E-state index in [1.165, 1.54) is 27.1 Å². The Morgan fingerprint density at radius 1 is 0.778 bits per heavy atom. The zero-order valence-electron chi connectivity index (χ0n) is 21.7. The van der Waals surface area contributed by atoms with E-state index in [-0.39, 0.29) is 5.91 Å². The van der Waals surface area contributed by atoms with Crippen LogP contribution in [0.4, 0.5) is 0 Å². The van der Waals surface area contributed by atoms with Gasteiger partial charge in [-0.1, -0.05) is 74.0 Å². The highest BCUT2D eigenvalue weighted by Gasteiger charge is 2.09. The van der Waals surface area contributed by atoms with Crippen molar-refractivity contribution in [3.05, 3.63) is 83.9 Å². The minimum atomic E-state index is 0.135. The van der Waals surface area contributed by atoms with Gasteiger partial charge in [-0.05, 0) is 59.5 Å². The van der Waals surface area contributed by atoms with Crippen LogP contribution in [0.25, 0.3) is 21.5 Å². The van der Waals surface area contributed by atoms with Crippen LogP contribution in [0.5, 0.6) is 11.5 Å². The molecule has 0 spiro atoms. The Balaban J connectivity index is 0.000000212. The quantitative estimate of drug-likeness (QED) is 0.286. The predicted octanol–water partition coefficient (Wildman–Crippen LogP) is 6.05. The van der Waals surface area contributed by atoms with Gasteiger partial charge >= 0.3 is 0 Å². The Bertz CT molecular complexity index is 1270. The number of unbranched alkanes of at least 4 members (excludes halogenated alkanes) is 1. The van der Waals surface area contributed by atoms with Crippen LogP contribution in [0.1, 0.15) is 37.3 Å². The van der Waals surface area contributed by atoms with E-state index in [2.05, 4.69) is 48.6 Å². The lowest BCUT2D eigenvalue weighted by Crippen LogP contribution is -2.25. The molecule has 0 saturated carbocycles. The van der Waals surface area contributed by atoms with Gasteiger partial charge in [0.25, 0.3) is 0 Å². The fraction of sp³-hybridized carbons (Fsp3) is 0.323. The third kappa shape index (κ3) is 6.98. The minimum Gasteiger partial charge on any atom is -0.496 e. The molecular formula is C31H38N2O3. The van der Waals surface area contributed by atoms with Crippen molar-refractivity contribution < 1.29 is 14.3 Å². The number of hydrogen-bond donors (Lipinski definition) is 2. The molecule has 4 aromatic carbocycles. The number of ether oxygens (including phenoxy) is 2. The van der Waals surface area contributed by atoms with Crippen molar-refractivity contribution in [1.82, 2.24) is 5.32 Å². The maximum Gasteiger partial charge on any atom is 0.220 e. The highest BCUT2D eigenvalue weighted by atomic mass is 16.5. The Hall–Kier alpha value is -3.57. The van der Waals surface area contributed by atoms with Crippen molar-refractivity contribution >= 4 is 27.5 Å². The topological polar surface area (TPSA) is 73.6 Å². The van der Waals surface area contributed by atoms with Crippen LogP contribution in [0, 0.1) is 0 Å². The molecule has 0 radical (unpaired) electrons. The zero-order valence-corrected chi connectivity index (χ0v) is 21.7. The monoisotopic (exact) mass is 486 g/mol. The van der Waals surface area contributed by atoms with E-state index in [4.69, 9.17) is 15.2 Å². The number of hydrogen-bond acceptors (Lipinski definition) is 4. The van der Waals surface area contributed by atoms with Gasteiger partial charge in [-0.25, -0.2) is 0 Å². The van der Waals surface area contributed by atoms with Crippen LogP contribution >= 0.6 is 0 Å². The summed E-state index contributed by atoms with van der Waals surface area (Å²) in [6.45, 7) is 3.38. The third-order valence-corrected chi connectivity index (χ3v) is 6.28. The van der Waals surface area contributed by atoms with Gasteiger partial charge in [0, 0.05) is 24.1 Å². The summed E-state index contributed by atoms with van der Waals surface area (Å²) in [5.74, 6) is 1.95. The molecule has 0 atom stereocenters. The summed E-state index contributed by atoms with van der Waals surface area (Å²) in [7, 11) is 3.39. The largest absolute Gasteiger partial charge is 0.496 e. The second-order valence-corrected chi connectivity index (χ2v) is 8.68. The molecule has 4 rings (SSSR count). The van der Waals surface area contributed by atoms with Crippen LogP contribution < -0.4 is 20.5 Å². The van der Waals surface area contributed by atoms with Gasteiger partial charge in [0.2, 0.25) is 5.91 Å². The zero-order chi connectivity index (χ0) is 25.8. The summed E-state index contributed by atoms with van der Waals surface area (Å²) in [4.78, 5) is 11.7. The fourth-order valence-corrected chi connectivity index (χ4v) is 4.43. The summed E-state index contributed by atoms with van der Waals surface area (Å²) < 4.78 is 10.8. The molecule has 0 aliphatic heterocycles. The number of carbonyl (C=O) groups excluding carboxylic acids is 1. The first-order valence-electron chi connectivity index (χ1n) is 12.7. The second kappa shape index (κ2) is 14.1. The standard InChI is InChI=1S/C18H23NO2.C13H15NO/c1-3-4-9-18(20)19-13-12-16-15-8-6-5-7-14(15)10-11-17(16)21-2;1-15-13-7-6-10-4-2-3-5-11(10)12(13)8-9-14/h5-8,10-11H,3-4,9,12-13H2,1-2H3,(H,19,20);2-7H,8-9,14H2,1H3. The van der Waals surface area contributed by atoms with Crippen molar-refractivity contribution in [2.75, 3.05) is 27.3 Å². The van der Waals surface area contributed by atoms with E-state index >= 15 is 0 Å². The van der Waals surface area contributed by atoms with E-state index in [0.717, 1.165) is 42.7 Å². The number of rotatable bonds is 10. The predicted molar refractivity (Wildman–Crippen MR) is 150 cm³/mol. The molecule has 0 bridgehead atoms. The Kier molecular flexibility index (Phi) is 10.6. The second-order valence-electron chi connectivity index (χ2n) is 8.68. The average molecular weight is 487 g/mol. The lowest BCUT2D eigenvalue weighted by Gasteiger charge is -2.12. The normalized spacial score (nSPS) is 10.6. The molecule has 0 fully saturated rings. The van der Waals surface area contributed by atoms with Gasteiger partial charge < -0.3 is 20.5 Å². The van der Waals surface area contributed by atoms with E-state index in [1.807, 2.05) is 36.4 Å². The number of nitrogens with one attached hydrogen (secondary N) is 1. The van der Waals surface area contributed by atoms with Gasteiger partial charge in [-0.3, -0.25) is 4.79 Å². The first-order chi connectivity index (χ1) is 17.6. The maximum absolute atomic E-state index is 11.7. The molecule has 0 aliphatic rings. The number of benzene rings is 4. The Morgan fingerprint density at radius 3 is 1.81 bits per heavy atom. The molecule has 0 heterocycles. The lowest BCUT2D eigenvalue weighted by molar-refractivity contribution is -0.121. The third-order valence-electron chi connectivity index (χ3n) is 6.28. The molecular weight excluding hydrogens is 448 g/mol. The molecule has 0 unspecified atom stereocenters. The van der Waals surface area contributed by atoms with Gasteiger partial charge in [-0.15, -0.1) is 0 Å². The first kappa shape index (κ1) is 27.0. The number of methoxy groups -OCH3 is 2. The van der Waals surface area contributed by atoms with Gasteiger partial charge in [0.1, 0.15) is 11.5 Å². The fourth-order valence-electron chi connectivity index (χ4n) is 4.43. The summed E-state index contributed by atoms with van der Waals surface area (Å²) in [5.41, 5.74) is 7.98. The van der Waals surface area contributed by atoms with Crippen molar-refractivity contribution in [3.63, 3.8) is 0 Å². The average Bonchev–Trinajstić information content (AvgIpc) is 2.92. The van der Waals surface area contributed by atoms with Gasteiger partial charge in [-0.2, -0.15) is 0 Å². The molecule has 0 saturated heterocycles. The van der Waals surface area contributed by atoms with E-state index in [1.54, 1.807) is 14.2 Å².